The Morgan fingerprint density at radius 1 is 0.818 bits per heavy atom. The van der Waals surface area contributed by atoms with E-state index in [4.69, 9.17) is 22.6 Å². The van der Waals surface area contributed by atoms with Crippen LogP contribution < -0.4 is 0 Å². The van der Waals surface area contributed by atoms with Crippen molar-refractivity contribution in [2.45, 2.75) is 67.9 Å². The minimum absolute atomic E-state index is 0.0235. The van der Waals surface area contributed by atoms with Crippen molar-refractivity contribution < 1.29 is 39.4 Å². The third-order valence-corrected chi connectivity index (χ3v) is 7.95. The summed E-state index contributed by atoms with van der Waals surface area (Å²) in [5.41, 5.74) is 1.78. The van der Waals surface area contributed by atoms with Crippen molar-refractivity contribution >= 4 is 20.2 Å². The van der Waals surface area contributed by atoms with Gasteiger partial charge in [0.2, 0.25) is 0 Å². The van der Waals surface area contributed by atoms with Crippen LogP contribution in [0.2, 0.25) is 0 Å². The molecule has 2 saturated heterocycles. The Hall–Kier alpha value is -1.86. The Balaban J connectivity index is 1.55. The average Bonchev–Trinajstić information content (AvgIpc) is 3.19. The van der Waals surface area contributed by atoms with E-state index >= 15 is 0 Å². The molecule has 0 spiro atoms. The van der Waals surface area contributed by atoms with Gasteiger partial charge in [0.1, 0.15) is 18.3 Å². The number of hydrogen-bond acceptors (Lipinski definition) is 9. The van der Waals surface area contributed by atoms with Gasteiger partial charge in [-0.05, 0) is 52.0 Å². The summed E-state index contributed by atoms with van der Waals surface area (Å²) in [6.07, 6.45) is -4.09. The molecule has 0 aliphatic carbocycles. The van der Waals surface area contributed by atoms with Crippen LogP contribution in [0.15, 0.2) is 58.3 Å². The first-order valence-electron chi connectivity index (χ1n) is 10.3. The first kappa shape index (κ1) is 24.3. The standard InChI is InChI=1S/C22H26O9S2/c1-14-5-9-16(10-6-14)32(23,24)27-13-18-19(20-21(28-18)30-22(3,4)29-20)31-33(25,26)17-11-7-15(2)8-12-17/h5-12,18-21H,13H2,1-4H3/t18-,19-,20-,21+/m0/s1. The smallest absolute Gasteiger partial charge is 0.297 e. The molecule has 2 aliphatic rings. The Bertz CT molecular complexity index is 1200. The molecule has 0 aromatic heterocycles. The van der Waals surface area contributed by atoms with Crippen molar-refractivity contribution in [2.75, 3.05) is 6.61 Å². The first-order chi connectivity index (χ1) is 15.4. The molecule has 2 aromatic carbocycles. The van der Waals surface area contributed by atoms with E-state index < -0.39 is 57.2 Å². The maximum absolute atomic E-state index is 12.9. The molecule has 0 amide bonds. The highest BCUT2D eigenvalue weighted by Crippen LogP contribution is 2.40. The molecule has 0 saturated carbocycles. The van der Waals surface area contributed by atoms with Crippen LogP contribution in [0.4, 0.5) is 0 Å². The normalized spacial score (nSPS) is 26.9. The van der Waals surface area contributed by atoms with Gasteiger partial charge in [-0.25, -0.2) is 0 Å². The molecule has 2 heterocycles. The SMILES string of the molecule is Cc1ccc(S(=O)(=O)OC[C@@H]2O[C@@H]3OC(C)(C)O[C@H]3[C@H]2OS(=O)(=O)c2ccc(C)cc2)cc1. The summed E-state index contributed by atoms with van der Waals surface area (Å²) in [7, 11) is -8.30. The zero-order valence-corrected chi connectivity index (χ0v) is 20.3. The molecule has 2 fully saturated rings. The monoisotopic (exact) mass is 498 g/mol. The summed E-state index contributed by atoms with van der Waals surface area (Å²) in [6, 6.07) is 12.3. The molecule has 2 aliphatic heterocycles. The maximum atomic E-state index is 12.9. The molecule has 0 N–H and O–H groups in total. The van der Waals surface area contributed by atoms with Crippen LogP contribution in [0.25, 0.3) is 0 Å². The van der Waals surface area contributed by atoms with Gasteiger partial charge in [-0.1, -0.05) is 35.4 Å². The van der Waals surface area contributed by atoms with Crippen molar-refractivity contribution in [1.82, 2.24) is 0 Å². The summed E-state index contributed by atoms with van der Waals surface area (Å²) in [6.45, 7) is 6.51. The Morgan fingerprint density at radius 3 is 1.88 bits per heavy atom. The molecule has 0 unspecified atom stereocenters. The quantitative estimate of drug-likeness (QED) is 0.531. The van der Waals surface area contributed by atoms with Gasteiger partial charge in [-0.3, -0.25) is 8.37 Å². The van der Waals surface area contributed by atoms with E-state index in [1.807, 2.05) is 13.8 Å². The number of ether oxygens (including phenoxy) is 3. The number of rotatable bonds is 7. The summed E-state index contributed by atoms with van der Waals surface area (Å²) < 4.78 is 78.9. The van der Waals surface area contributed by atoms with Crippen molar-refractivity contribution in [3.05, 3.63) is 59.7 Å². The highest BCUT2D eigenvalue weighted by atomic mass is 32.2. The zero-order chi connectivity index (χ0) is 24.0. The van der Waals surface area contributed by atoms with Crippen molar-refractivity contribution in [1.29, 1.82) is 0 Å². The molecule has 0 radical (unpaired) electrons. The molecule has 11 heteroatoms. The van der Waals surface area contributed by atoms with Crippen LogP contribution in [-0.4, -0.2) is 53.8 Å². The highest BCUT2D eigenvalue weighted by Gasteiger charge is 2.57. The molecule has 2 aromatic rings. The van der Waals surface area contributed by atoms with Gasteiger partial charge >= 0.3 is 0 Å². The van der Waals surface area contributed by atoms with Crippen LogP contribution in [0.1, 0.15) is 25.0 Å². The number of benzene rings is 2. The van der Waals surface area contributed by atoms with Crippen LogP contribution >= 0.6 is 0 Å². The molecule has 9 nitrogen and oxygen atoms in total. The predicted octanol–water partition coefficient (Wildman–Crippen LogP) is 2.66. The van der Waals surface area contributed by atoms with Gasteiger partial charge in [-0.2, -0.15) is 16.8 Å². The summed E-state index contributed by atoms with van der Waals surface area (Å²) in [4.78, 5) is -0.0636. The van der Waals surface area contributed by atoms with Crippen LogP contribution in [0.5, 0.6) is 0 Å². The highest BCUT2D eigenvalue weighted by molar-refractivity contribution is 7.87. The summed E-state index contributed by atoms with van der Waals surface area (Å²) in [5, 5.41) is 0. The van der Waals surface area contributed by atoms with E-state index in [0.29, 0.717) is 0 Å². The van der Waals surface area contributed by atoms with E-state index in [9.17, 15) is 16.8 Å². The fourth-order valence-corrected chi connectivity index (χ4v) is 5.66. The van der Waals surface area contributed by atoms with Crippen molar-refractivity contribution in [3.63, 3.8) is 0 Å². The summed E-state index contributed by atoms with van der Waals surface area (Å²) in [5.74, 6) is -1.02. The lowest BCUT2D eigenvalue weighted by Crippen LogP contribution is -2.40. The lowest BCUT2D eigenvalue weighted by Gasteiger charge is -2.25. The maximum Gasteiger partial charge on any atom is 0.297 e. The third-order valence-electron chi connectivity index (χ3n) is 5.33. The molecule has 4 atom stereocenters. The van der Waals surface area contributed by atoms with Gasteiger partial charge in [0.25, 0.3) is 20.2 Å². The minimum Gasteiger partial charge on any atom is -0.341 e. The Kier molecular flexibility index (Phi) is 6.42. The van der Waals surface area contributed by atoms with E-state index in [0.717, 1.165) is 11.1 Å². The van der Waals surface area contributed by atoms with Crippen molar-refractivity contribution in [2.24, 2.45) is 0 Å². The van der Waals surface area contributed by atoms with E-state index in [1.54, 1.807) is 38.1 Å². The van der Waals surface area contributed by atoms with Gasteiger partial charge in [0.05, 0.1) is 16.4 Å². The lowest BCUT2D eigenvalue weighted by atomic mass is 10.1. The number of hydrogen-bond donors (Lipinski definition) is 0. The van der Waals surface area contributed by atoms with Crippen LogP contribution in [0.3, 0.4) is 0 Å². The Labute approximate surface area is 193 Å². The fourth-order valence-electron chi connectivity index (χ4n) is 3.63. The molecular weight excluding hydrogens is 472 g/mol. The lowest BCUT2D eigenvalue weighted by molar-refractivity contribution is -0.215. The molecule has 33 heavy (non-hydrogen) atoms. The fraction of sp³-hybridized carbons (Fsp3) is 0.455. The molecular formula is C22H26O9S2. The zero-order valence-electron chi connectivity index (χ0n) is 18.6. The van der Waals surface area contributed by atoms with Crippen LogP contribution in [-0.2, 0) is 42.8 Å². The van der Waals surface area contributed by atoms with Crippen molar-refractivity contribution in [3.8, 4) is 0 Å². The summed E-state index contributed by atoms with van der Waals surface area (Å²) >= 11 is 0. The second-order valence-corrected chi connectivity index (χ2v) is 11.7. The largest absolute Gasteiger partial charge is 0.341 e. The molecule has 4 rings (SSSR count). The molecule has 180 valence electrons. The predicted molar refractivity (Wildman–Crippen MR) is 116 cm³/mol. The third kappa shape index (κ3) is 5.29. The second-order valence-electron chi connectivity index (χ2n) is 8.52. The van der Waals surface area contributed by atoms with E-state index in [-0.39, 0.29) is 9.79 Å². The first-order valence-corrected chi connectivity index (χ1v) is 13.2. The molecule has 0 bridgehead atoms. The van der Waals surface area contributed by atoms with Gasteiger partial charge < -0.3 is 14.2 Å². The topological polar surface area (TPSA) is 114 Å². The number of fused-ring (bicyclic) bond motifs is 1. The van der Waals surface area contributed by atoms with Gasteiger partial charge in [0.15, 0.2) is 12.1 Å². The van der Waals surface area contributed by atoms with E-state index in [1.165, 1.54) is 24.3 Å². The van der Waals surface area contributed by atoms with Gasteiger partial charge in [0, 0.05) is 0 Å². The number of aryl methyl sites for hydroxylation is 2. The second kappa shape index (κ2) is 8.73. The Morgan fingerprint density at radius 2 is 1.33 bits per heavy atom. The van der Waals surface area contributed by atoms with Crippen LogP contribution in [0, 0.1) is 13.8 Å². The average molecular weight is 499 g/mol. The van der Waals surface area contributed by atoms with Gasteiger partial charge in [-0.15, -0.1) is 0 Å². The van der Waals surface area contributed by atoms with E-state index in [2.05, 4.69) is 0 Å². The minimum atomic E-state index is -4.20.